The zero-order valence-electron chi connectivity index (χ0n) is 12.0. The number of methoxy groups -OCH3 is 1. The van der Waals surface area contributed by atoms with Gasteiger partial charge in [0.25, 0.3) is 0 Å². The molecular formula is C13H26N2O2. The molecule has 4 nitrogen and oxygen atoms in total. The summed E-state index contributed by atoms with van der Waals surface area (Å²) in [5.41, 5.74) is -0.464. The van der Waals surface area contributed by atoms with Crippen LogP contribution in [0.5, 0.6) is 0 Å². The van der Waals surface area contributed by atoms with Crippen LogP contribution in [0.15, 0.2) is 0 Å². The number of hydrogen-bond acceptors (Lipinski definition) is 4. The van der Waals surface area contributed by atoms with Gasteiger partial charge in [-0.15, -0.1) is 0 Å². The molecule has 0 bridgehead atoms. The van der Waals surface area contributed by atoms with Crippen molar-refractivity contribution in [2.24, 2.45) is 11.3 Å². The van der Waals surface area contributed by atoms with E-state index in [1.54, 1.807) is 0 Å². The number of likely N-dealkylation sites (tertiary alicyclic amines) is 1. The maximum absolute atomic E-state index is 12.0. The Kier molecular flexibility index (Phi) is 4.55. The molecule has 0 radical (unpaired) electrons. The summed E-state index contributed by atoms with van der Waals surface area (Å²) in [6.07, 6.45) is 1.15. The van der Waals surface area contributed by atoms with E-state index in [2.05, 4.69) is 16.8 Å². The normalized spacial score (nSPS) is 24.1. The van der Waals surface area contributed by atoms with E-state index in [-0.39, 0.29) is 12.0 Å². The van der Waals surface area contributed by atoms with Crippen molar-refractivity contribution in [2.75, 3.05) is 41.3 Å². The van der Waals surface area contributed by atoms with Gasteiger partial charge in [-0.2, -0.15) is 0 Å². The second-order valence-electron chi connectivity index (χ2n) is 5.93. The number of carbonyl (C=O) groups excluding carboxylic acids is 1. The SMILES string of the molecule is COC(=O)C(C)(C)C(C1CCN(C)C1)N(C)C. The maximum Gasteiger partial charge on any atom is 0.312 e. The van der Waals surface area contributed by atoms with E-state index in [0.717, 1.165) is 19.5 Å². The lowest BCUT2D eigenvalue weighted by molar-refractivity contribution is -0.155. The van der Waals surface area contributed by atoms with Crippen LogP contribution in [0.4, 0.5) is 0 Å². The Morgan fingerprint density at radius 1 is 1.47 bits per heavy atom. The van der Waals surface area contributed by atoms with Crippen molar-refractivity contribution in [3.63, 3.8) is 0 Å². The fourth-order valence-corrected chi connectivity index (χ4v) is 3.27. The molecule has 4 heteroatoms. The standard InChI is InChI=1S/C13H26N2O2/c1-13(2,12(16)17-6)11(14(3)4)10-7-8-15(5)9-10/h10-11H,7-9H2,1-6H3. The van der Waals surface area contributed by atoms with Crippen LogP contribution in [-0.2, 0) is 9.53 Å². The van der Waals surface area contributed by atoms with E-state index in [1.807, 2.05) is 27.9 Å². The number of rotatable bonds is 4. The summed E-state index contributed by atoms with van der Waals surface area (Å²) in [7, 11) is 7.71. The van der Waals surface area contributed by atoms with Gasteiger partial charge in [-0.25, -0.2) is 0 Å². The topological polar surface area (TPSA) is 32.8 Å². The van der Waals surface area contributed by atoms with Crippen LogP contribution in [0.2, 0.25) is 0 Å². The number of ether oxygens (including phenoxy) is 1. The molecule has 0 saturated carbocycles. The molecule has 2 atom stereocenters. The van der Waals surface area contributed by atoms with Gasteiger partial charge < -0.3 is 14.5 Å². The summed E-state index contributed by atoms with van der Waals surface area (Å²) < 4.78 is 4.95. The van der Waals surface area contributed by atoms with Gasteiger partial charge in [0.2, 0.25) is 0 Å². The van der Waals surface area contributed by atoms with Gasteiger partial charge in [0.05, 0.1) is 12.5 Å². The fraction of sp³-hybridized carbons (Fsp3) is 0.923. The minimum atomic E-state index is -0.464. The van der Waals surface area contributed by atoms with E-state index < -0.39 is 5.41 Å². The van der Waals surface area contributed by atoms with Gasteiger partial charge in [-0.3, -0.25) is 4.79 Å². The van der Waals surface area contributed by atoms with Gasteiger partial charge >= 0.3 is 5.97 Å². The van der Waals surface area contributed by atoms with E-state index in [0.29, 0.717) is 5.92 Å². The highest BCUT2D eigenvalue weighted by molar-refractivity contribution is 5.76. The number of hydrogen-bond donors (Lipinski definition) is 0. The Morgan fingerprint density at radius 2 is 2.06 bits per heavy atom. The molecule has 1 fully saturated rings. The summed E-state index contributed by atoms with van der Waals surface area (Å²) >= 11 is 0. The van der Waals surface area contributed by atoms with E-state index in [4.69, 9.17) is 4.74 Å². The second-order valence-corrected chi connectivity index (χ2v) is 5.93. The molecule has 1 rings (SSSR count). The molecule has 0 aromatic carbocycles. The van der Waals surface area contributed by atoms with Crippen LogP contribution in [0.25, 0.3) is 0 Å². The zero-order chi connectivity index (χ0) is 13.2. The van der Waals surface area contributed by atoms with E-state index in [1.165, 1.54) is 7.11 Å². The largest absolute Gasteiger partial charge is 0.469 e. The highest BCUT2D eigenvalue weighted by atomic mass is 16.5. The first-order chi connectivity index (χ1) is 7.80. The summed E-state index contributed by atoms with van der Waals surface area (Å²) in [6, 6.07) is 0.222. The molecule has 0 aromatic heterocycles. The number of nitrogens with zero attached hydrogens (tertiary/aromatic N) is 2. The van der Waals surface area contributed by atoms with Gasteiger partial charge in [-0.1, -0.05) is 0 Å². The zero-order valence-corrected chi connectivity index (χ0v) is 12.0. The summed E-state index contributed by atoms with van der Waals surface area (Å²) in [4.78, 5) is 16.5. The summed E-state index contributed by atoms with van der Waals surface area (Å²) in [5.74, 6) is 0.412. The first-order valence-corrected chi connectivity index (χ1v) is 6.24. The minimum absolute atomic E-state index is 0.120. The molecule has 0 aliphatic carbocycles. The Balaban J connectivity index is 2.89. The van der Waals surface area contributed by atoms with Crippen molar-refractivity contribution >= 4 is 5.97 Å². The third-order valence-corrected chi connectivity index (χ3v) is 3.88. The average Bonchev–Trinajstić information content (AvgIpc) is 2.62. The molecule has 1 heterocycles. The van der Waals surface area contributed by atoms with Crippen molar-refractivity contribution in [3.8, 4) is 0 Å². The van der Waals surface area contributed by atoms with Gasteiger partial charge in [0.1, 0.15) is 0 Å². The fourth-order valence-electron chi connectivity index (χ4n) is 3.27. The molecule has 100 valence electrons. The molecule has 1 aliphatic rings. The van der Waals surface area contributed by atoms with Crippen molar-refractivity contribution in [1.29, 1.82) is 0 Å². The lowest BCUT2D eigenvalue weighted by Crippen LogP contribution is -2.51. The lowest BCUT2D eigenvalue weighted by Gasteiger charge is -2.40. The highest BCUT2D eigenvalue weighted by Crippen LogP contribution is 2.35. The molecular weight excluding hydrogens is 216 g/mol. The van der Waals surface area contributed by atoms with Gasteiger partial charge in [0, 0.05) is 12.6 Å². The molecule has 1 saturated heterocycles. The smallest absolute Gasteiger partial charge is 0.312 e. The first kappa shape index (κ1) is 14.5. The Bertz CT molecular complexity index is 277. The van der Waals surface area contributed by atoms with E-state index in [9.17, 15) is 4.79 Å². The maximum atomic E-state index is 12.0. The quantitative estimate of drug-likeness (QED) is 0.690. The van der Waals surface area contributed by atoms with E-state index >= 15 is 0 Å². The Labute approximate surface area is 105 Å². The van der Waals surface area contributed by atoms with Crippen LogP contribution >= 0.6 is 0 Å². The van der Waals surface area contributed by atoms with Crippen molar-refractivity contribution in [3.05, 3.63) is 0 Å². The predicted octanol–water partition coefficient (Wildman–Crippen LogP) is 1.07. The molecule has 0 N–H and O–H groups in total. The molecule has 0 spiro atoms. The van der Waals surface area contributed by atoms with Gasteiger partial charge in [-0.05, 0) is 53.9 Å². The lowest BCUT2D eigenvalue weighted by atomic mass is 9.76. The van der Waals surface area contributed by atoms with Crippen LogP contribution in [0.3, 0.4) is 0 Å². The van der Waals surface area contributed by atoms with Crippen LogP contribution in [0.1, 0.15) is 20.3 Å². The monoisotopic (exact) mass is 242 g/mol. The molecule has 0 aromatic rings. The third-order valence-electron chi connectivity index (χ3n) is 3.88. The van der Waals surface area contributed by atoms with Gasteiger partial charge in [0.15, 0.2) is 0 Å². The Hall–Kier alpha value is -0.610. The first-order valence-electron chi connectivity index (χ1n) is 6.24. The van der Waals surface area contributed by atoms with Crippen molar-refractivity contribution in [2.45, 2.75) is 26.3 Å². The molecule has 0 amide bonds. The second kappa shape index (κ2) is 5.36. The third kappa shape index (κ3) is 2.99. The van der Waals surface area contributed by atoms with Crippen LogP contribution < -0.4 is 0 Å². The highest BCUT2D eigenvalue weighted by Gasteiger charge is 2.44. The molecule has 1 aliphatic heterocycles. The summed E-state index contributed by atoms with van der Waals surface area (Å²) in [6.45, 7) is 6.15. The number of esters is 1. The average molecular weight is 242 g/mol. The molecule has 17 heavy (non-hydrogen) atoms. The predicted molar refractivity (Wildman–Crippen MR) is 68.9 cm³/mol. The Morgan fingerprint density at radius 3 is 2.41 bits per heavy atom. The van der Waals surface area contributed by atoms with Crippen molar-refractivity contribution in [1.82, 2.24) is 9.80 Å². The minimum Gasteiger partial charge on any atom is -0.469 e. The molecule has 2 unspecified atom stereocenters. The van der Waals surface area contributed by atoms with Crippen molar-refractivity contribution < 1.29 is 9.53 Å². The summed E-state index contributed by atoms with van der Waals surface area (Å²) in [5, 5.41) is 0. The van der Waals surface area contributed by atoms with Crippen LogP contribution in [0, 0.1) is 11.3 Å². The number of carbonyl (C=O) groups is 1. The van der Waals surface area contributed by atoms with Crippen LogP contribution in [-0.4, -0.2) is 63.2 Å².